The summed E-state index contributed by atoms with van der Waals surface area (Å²) in [4.78, 5) is 29.0. The third kappa shape index (κ3) is 8.45. The number of nitrogens with zero attached hydrogens (tertiary/aromatic N) is 1. The fourth-order valence-corrected chi connectivity index (χ4v) is 4.61. The number of hydrogen-bond donors (Lipinski definition) is 1. The summed E-state index contributed by atoms with van der Waals surface area (Å²) >= 11 is 3.58. The van der Waals surface area contributed by atoms with E-state index in [0.29, 0.717) is 24.6 Å². The third-order valence-electron chi connectivity index (χ3n) is 6.72. The van der Waals surface area contributed by atoms with E-state index in [1.54, 1.807) is 4.90 Å². The maximum atomic E-state index is 13.8. The Morgan fingerprint density at radius 1 is 0.947 bits per heavy atom. The van der Waals surface area contributed by atoms with E-state index in [0.717, 1.165) is 27.6 Å². The highest BCUT2D eigenvalue weighted by Gasteiger charge is 2.31. The number of rotatable bonds is 12. The quantitative estimate of drug-likeness (QED) is 0.256. The summed E-state index contributed by atoms with van der Waals surface area (Å²) in [6, 6.07) is 23.1. The highest BCUT2D eigenvalue weighted by atomic mass is 79.9. The minimum atomic E-state index is -0.685. The van der Waals surface area contributed by atoms with Crippen molar-refractivity contribution in [3.63, 3.8) is 0 Å². The zero-order valence-corrected chi connectivity index (χ0v) is 24.6. The summed E-state index contributed by atoms with van der Waals surface area (Å²) in [6.45, 7) is 10.4. The lowest BCUT2D eigenvalue weighted by atomic mass is 10.0. The first kappa shape index (κ1) is 29.4. The summed E-state index contributed by atoms with van der Waals surface area (Å²) in [5.74, 6) is 0.577. The molecule has 0 saturated heterocycles. The van der Waals surface area contributed by atoms with E-state index in [-0.39, 0.29) is 24.5 Å². The van der Waals surface area contributed by atoms with Gasteiger partial charge in [0.1, 0.15) is 11.8 Å². The lowest BCUT2D eigenvalue weighted by Gasteiger charge is -2.32. The van der Waals surface area contributed by atoms with Gasteiger partial charge in [0.25, 0.3) is 5.91 Å². The number of benzene rings is 3. The molecule has 38 heavy (non-hydrogen) atoms. The van der Waals surface area contributed by atoms with Gasteiger partial charge >= 0.3 is 0 Å². The van der Waals surface area contributed by atoms with Gasteiger partial charge in [-0.05, 0) is 70.9 Å². The third-order valence-corrected chi connectivity index (χ3v) is 7.34. The van der Waals surface area contributed by atoms with Gasteiger partial charge in [0.2, 0.25) is 5.91 Å². The number of amides is 2. The number of carbonyl (C=O) groups is 2. The van der Waals surface area contributed by atoms with Crippen LogP contribution in [0.3, 0.4) is 0 Å². The molecule has 0 radical (unpaired) electrons. The molecule has 0 aliphatic rings. The minimum Gasteiger partial charge on any atom is -0.483 e. The molecule has 0 fully saturated rings. The van der Waals surface area contributed by atoms with Crippen LogP contribution >= 0.6 is 15.9 Å². The largest absolute Gasteiger partial charge is 0.483 e. The molecule has 0 heterocycles. The van der Waals surface area contributed by atoms with Crippen LogP contribution in [0.5, 0.6) is 5.75 Å². The van der Waals surface area contributed by atoms with Crippen LogP contribution in [0.1, 0.15) is 62.3 Å². The molecule has 0 unspecified atom stereocenters. The van der Waals surface area contributed by atoms with Gasteiger partial charge in [-0.3, -0.25) is 9.59 Å². The normalized spacial score (nSPS) is 12.6. The maximum Gasteiger partial charge on any atom is 0.261 e. The van der Waals surface area contributed by atoms with E-state index >= 15 is 0 Å². The van der Waals surface area contributed by atoms with Crippen molar-refractivity contribution in [2.24, 2.45) is 0 Å². The fraction of sp³-hybridized carbons (Fsp3) is 0.375. The van der Waals surface area contributed by atoms with Gasteiger partial charge in [-0.25, -0.2) is 0 Å². The standard InChI is InChI=1S/C32H39BrN2O3/c1-6-24(5)34-32(37)29(18-25-10-8-7-9-11-25)35(20-26-14-12-23(4)13-15-26)31(36)21-38-30-17-16-27(22(2)3)19-28(30)33/h7-17,19,22,24,29H,6,18,20-21H2,1-5H3,(H,34,37)/t24-,29-/m1/s1. The summed E-state index contributed by atoms with van der Waals surface area (Å²) in [5, 5.41) is 3.10. The number of halogens is 1. The number of nitrogens with one attached hydrogen (secondary N) is 1. The van der Waals surface area contributed by atoms with Gasteiger partial charge in [0.05, 0.1) is 4.47 Å². The molecule has 0 spiro atoms. The SMILES string of the molecule is CC[C@@H](C)NC(=O)[C@@H](Cc1ccccc1)N(Cc1ccc(C)cc1)C(=O)COc1ccc(C(C)C)cc1Br. The van der Waals surface area contributed by atoms with Crippen LogP contribution in [0.2, 0.25) is 0 Å². The Morgan fingerprint density at radius 2 is 1.63 bits per heavy atom. The summed E-state index contributed by atoms with van der Waals surface area (Å²) in [6.07, 6.45) is 1.21. The Hall–Kier alpha value is -3.12. The van der Waals surface area contributed by atoms with E-state index in [2.05, 4.69) is 35.1 Å². The van der Waals surface area contributed by atoms with Gasteiger partial charge in [-0.2, -0.15) is 0 Å². The average molecular weight is 580 g/mol. The topological polar surface area (TPSA) is 58.6 Å². The summed E-state index contributed by atoms with van der Waals surface area (Å²) in [5.41, 5.74) is 4.27. The highest BCUT2D eigenvalue weighted by Crippen LogP contribution is 2.29. The van der Waals surface area contributed by atoms with Crippen molar-refractivity contribution in [1.29, 1.82) is 0 Å². The average Bonchev–Trinajstić information content (AvgIpc) is 2.91. The molecule has 5 nitrogen and oxygen atoms in total. The molecule has 0 bridgehead atoms. The zero-order chi connectivity index (χ0) is 27.7. The number of aryl methyl sites for hydroxylation is 1. The van der Waals surface area contributed by atoms with Crippen LogP contribution < -0.4 is 10.1 Å². The van der Waals surface area contributed by atoms with Crippen molar-refractivity contribution < 1.29 is 14.3 Å². The summed E-state index contributed by atoms with van der Waals surface area (Å²) in [7, 11) is 0. The molecule has 3 aromatic rings. The molecule has 0 aliphatic carbocycles. The van der Waals surface area contributed by atoms with Crippen LogP contribution in [0.15, 0.2) is 77.3 Å². The molecule has 3 aromatic carbocycles. The Balaban J connectivity index is 1.91. The second kappa shape index (κ2) is 14.1. The van der Waals surface area contributed by atoms with Crippen LogP contribution in [0.4, 0.5) is 0 Å². The molecule has 2 atom stereocenters. The van der Waals surface area contributed by atoms with Crippen LogP contribution in [-0.4, -0.2) is 35.4 Å². The van der Waals surface area contributed by atoms with Crippen LogP contribution in [-0.2, 0) is 22.6 Å². The molecule has 2 amide bonds. The van der Waals surface area contributed by atoms with E-state index < -0.39 is 6.04 Å². The Kier molecular flexibility index (Phi) is 11.0. The summed E-state index contributed by atoms with van der Waals surface area (Å²) < 4.78 is 6.79. The second-order valence-electron chi connectivity index (χ2n) is 10.2. The number of ether oxygens (including phenoxy) is 1. The zero-order valence-electron chi connectivity index (χ0n) is 23.0. The first-order valence-electron chi connectivity index (χ1n) is 13.3. The van der Waals surface area contributed by atoms with Gasteiger partial charge in [-0.1, -0.05) is 87.0 Å². The lowest BCUT2D eigenvalue weighted by Crippen LogP contribution is -2.53. The molecule has 6 heteroatoms. The number of carbonyl (C=O) groups excluding carboxylic acids is 2. The van der Waals surface area contributed by atoms with Gasteiger partial charge in [-0.15, -0.1) is 0 Å². The first-order valence-corrected chi connectivity index (χ1v) is 14.1. The van der Waals surface area contributed by atoms with E-state index in [9.17, 15) is 9.59 Å². The predicted molar refractivity (Wildman–Crippen MR) is 157 cm³/mol. The van der Waals surface area contributed by atoms with Crippen LogP contribution in [0, 0.1) is 6.92 Å². The first-order chi connectivity index (χ1) is 18.2. The van der Waals surface area contributed by atoms with Gasteiger partial charge in [0.15, 0.2) is 6.61 Å². The van der Waals surface area contributed by atoms with Gasteiger partial charge < -0.3 is 15.0 Å². The number of hydrogen-bond acceptors (Lipinski definition) is 3. The molecule has 3 rings (SSSR count). The monoisotopic (exact) mass is 578 g/mol. The van der Waals surface area contributed by atoms with Crippen molar-refractivity contribution in [3.8, 4) is 5.75 Å². The molecular formula is C32H39BrN2O3. The molecule has 0 saturated carbocycles. The van der Waals surface area contributed by atoms with Crippen molar-refractivity contribution >= 4 is 27.7 Å². The highest BCUT2D eigenvalue weighted by molar-refractivity contribution is 9.10. The Morgan fingerprint density at radius 3 is 2.24 bits per heavy atom. The van der Waals surface area contributed by atoms with Crippen LogP contribution in [0.25, 0.3) is 0 Å². The fourth-order valence-electron chi connectivity index (χ4n) is 4.10. The van der Waals surface area contributed by atoms with Gasteiger partial charge in [0, 0.05) is 19.0 Å². The molecule has 202 valence electrons. The maximum absolute atomic E-state index is 13.8. The minimum absolute atomic E-state index is 0.00350. The van der Waals surface area contributed by atoms with Crippen molar-refractivity contribution in [3.05, 3.63) is 99.5 Å². The lowest BCUT2D eigenvalue weighted by molar-refractivity contribution is -0.143. The molecule has 0 aromatic heterocycles. The van der Waals surface area contributed by atoms with E-state index in [1.165, 1.54) is 5.56 Å². The Bertz CT molecular complexity index is 1200. The Labute approximate surface area is 235 Å². The van der Waals surface area contributed by atoms with E-state index in [4.69, 9.17) is 4.74 Å². The molecule has 1 N–H and O–H groups in total. The molecule has 0 aliphatic heterocycles. The van der Waals surface area contributed by atoms with Crippen molar-refractivity contribution in [2.75, 3.05) is 6.61 Å². The van der Waals surface area contributed by atoms with E-state index in [1.807, 2.05) is 93.6 Å². The second-order valence-corrected chi connectivity index (χ2v) is 11.0. The predicted octanol–water partition coefficient (Wildman–Crippen LogP) is 6.81. The van der Waals surface area contributed by atoms with Crippen molar-refractivity contribution in [1.82, 2.24) is 10.2 Å². The van der Waals surface area contributed by atoms with Crippen molar-refractivity contribution in [2.45, 2.75) is 72.0 Å². The molecular weight excluding hydrogens is 540 g/mol. The smallest absolute Gasteiger partial charge is 0.261 e.